The maximum absolute atomic E-state index is 12.6. The Morgan fingerprint density at radius 1 is 1.12 bits per heavy atom. The van der Waals surface area contributed by atoms with Crippen LogP contribution < -0.4 is 5.32 Å². The highest BCUT2D eigenvalue weighted by molar-refractivity contribution is 5.98. The number of aromatic amines is 1. The van der Waals surface area contributed by atoms with Gasteiger partial charge in [-0.2, -0.15) is 0 Å². The van der Waals surface area contributed by atoms with Crippen molar-refractivity contribution in [1.82, 2.24) is 10.3 Å². The largest absolute Gasteiger partial charge is 0.467 e. The highest BCUT2D eigenvalue weighted by Gasteiger charge is 2.29. The van der Waals surface area contributed by atoms with E-state index in [1.165, 1.54) is 7.11 Å². The van der Waals surface area contributed by atoms with Crippen LogP contribution in [0.4, 0.5) is 0 Å². The molecule has 0 fully saturated rings. The molecule has 3 aromatic rings. The van der Waals surface area contributed by atoms with Crippen LogP contribution >= 0.6 is 0 Å². The Hall–Kier alpha value is -3.12. The number of hydrogen-bond acceptors (Lipinski definition) is 4. The van der Waals surface area contributed by atoms with Gasteiger partial charge in [0.15, 0.2) is 6.10 Å². The molecule has 2 aromatic carbocycles. The number of rotatable bonds is 6. The lowest BCUT2D eigenvalue weighted by Crippen LogP contribution is -2.48. The van der Waals surface area contributed by atoms with Gasteiger partial charge in [0.1, 0.15) is 5.69 Å². The van der Waals surface area contributed by atoms with Crippen molar-refractivity contribution < 1.29 is 19.4 Å². The predicted molar refractivity (Wildman–Crippen MR) is 97.7 cm³/mol. The number of benzene rings is 2. The molecule has 0 unspecified atom stereocenters. The summed E-state index contributed by atoms with van der Waals surface area (Å²) in [5.41, 5.74) is 2.09. The topological polar surface area (TPSA) is 91.4 Å². The molecule has 0 aliphatic rings. The van der Waals surface area contributed by atoms with Gasteiger partial charge >= 0.3 is 5.97 Å². The summed E-state index contributed by atoms with van der Waals surface area (Å²) in [5.74, 6) is -1.19. The third kappa shape index (κ3) is 3.92. The van der Waals surface area contributed by atoms with Crippen LogP contribution in [-0.4, -0.2) is 41.2 Å². The van der Waals surface area contributed by atoms with Crippen LogP contribution in [0.5, 0.6) is 0 Å². The monoisotopic (exact) mass is 352 g/mol. The van der Waals surface area contributed by atoms with Crippen molar-refractivity contribution in [2.75, 3.05) is 7.11 Å². The number of carbonyl (C=O) groups excluding carboxylic acids is 2. The van der Waals surface area contributed by atoms with Crippen LogP contribution in [0.25, 0.3) is 10.9 Å². The minimum absolute atomic E-state index is 0.295. The second-order valence-corrected chi connectivity index (χ2v) is 6.01. The molecule has 134 valence electrons. The van der Waals surface area contributed by atoms with Gasteiger partial charge in [0.25, 0.3) is 5.91 Å². The quantitative estimate of drug-likeness (QED) is 0.592. The van der Waals surface area contributed by atoms with Gasteiger partial charge in [0.05, 0.1) is 13.2 Å². The van der Waals surface area contributed by atoms with Crippen LogP contribution in [0.1, 0.15) is 16.1 Å². The van der Waals surface area contributed by atoms with Crippen molar-refractivity contribution >= 4 is 22.8 Å². The van der Waals surface area contributed by atoms with Crippen molar-refractivity contribution in [3.63, 3.8) is 0 Å². The Kier molecular flexibility index (Phi) is 5.34. The van der Waals surface area contributed by atoms with Gasteiger partial charge in [-0.3, -0.25) is 4.79 Å². The highest BCUT2D eigenvalue weighted by Crippen LogP contribution is 2.15. The molecule has 0 saturated heterocycles. The average Bonchev–Trinajstić information content (AvgIpc) is 3.11. The number of fused-ring (bicyclic) bond motifs is 1. The number of carbonyl (C=O) groups is 2. The molecule has 1 amide bonds. The fraction of sp³-hybridized carbons (Fsp3) is 0.200. The summed E-state index contributed by atoms with van der Waals surface area (Å²) in [6.45, 7) is 0. The Morgan fingerprint density at radius 3 is 2.50 bits per heavy atom. The Bertz CT molecular complexity index is 871. The minimum Gasteiger partial charge on any atom is -0.467 e. The van der Waals surface area contributed by atoms with Crippen LogP contribution in [0.3, 0.4) is 0 Å². The van der Waals surface area contributed by atoms with E-state index in [0.717, 1.165) is 16.5 Å². The summed E-state index contributed by atoms with van der Waals surface area (Å²) in [7, 11) is 1.20. The van der Waals surface area contributed by atoms with E-state index in [-0.39, 0.29) is 0 Å². The maximum Gasteiger partial charge on any atom is 0.336 e. The van der Waals surface area contributed by atoms with Crippen LogP contribution in [0.15, 0.2) is 60.7 Å². The van der Waals surface area contributed by atoms with Gasteiger partial charge < -0.3 is 20.1 Å². The maximum atomic E-state index is 12.6. The highest BCUT2D eigenvalue weighted by atomic mass is 16.5. The molecule has 0 bridgehead atoms. The third-order valence-electron chi connectivity index (χ3n) is 4.21. The fourth-order valence-electron chi connectivity index (χ4n) is 2.84. The van der Waals surface area contributed by atoms with E-state index in [1.807, 2.05) is 54.6 Å². The second kappa shape index (κ2) is 7.84. The Labute approximate surface area is 150 Å². The van der Waals surface area contributed by atoms with Crippen molar-refractivity contribution in [2.45, 2.75) is 18.6 Å². The zero-order valence-corrected chi connectivity index (χ0v) is 14.3. The van der Waals surface area contributed by atoms with Crippen molar-refractivity contribution in [1.29, 1.82) is 0 Å². The lowest BCUT2D eigenvalue weighted by atomic mass is 10.0. The first-order valence-electron chi connectivity index (χ1n) is 8.27. The molecule has 26 heavy (non-hydrogen) atoms. The van der Waals surface area contributed by atoms with E-state index in [0.29, 0.717) is 12.1 Å². The summed E-state index contributed by atoms with van der Waals surface area (Å²) in [5, 5.41) is 13.9. The molecule has 3 rings (SSSR count). The number of H-pyrrole nitrogens is 1. The zero-order valence-electron chi connectivity index (χ0n) is 14.3. The number of esters is 1. The number of aliphatic hydroxyl groups is 1. The summed E-state index contributed by atoms with van der Waals surface area (Å²) in [6.07, 6.45) is -1.17. The molecule has 3 N–H and O–H groups in total. The Morgan fingerprint density at radius 2 is 1.81 bits per heavy atom. The summed E-state index contributed by atoms with van der Waals surface area (Å²) < 4.78 is 4.62. The molecule has 6 nitrogen and oxygen atoms in total. The molecule has 0 aliphatic carbocycles. The van der Waals surface area contributed by atoms with Crippen molar-refractivity contribution in [2.24, 2.45) is 0 Å². The molecule has 2 atom stereocenters. The lowest BCUT2D eigenvalue weighted by Gasteiger charge is -2.22. The second-order valence-electron chi connectivity index (χ2n) is 6.01. The molecule has 0 saturated carbocycles. The molecule has 1 aromatic heterocycles. The van der Waals surface area contributed by atoms with E-state index >= 15 is 0 Å². The number of hydrogen-bond donors (Lipinski definition) is 3. The predicted octanol–water partition coefficient (Wildman–Crippen LogP) is 2.04. The van der Waals surface area contributed by atoms with E-state index < -0.39 is 24.0 Å². The molecule has 1 heterocycles. The van der Waals surface area contributed by atoms with E-state index in [2.05, 4.69) is 15.0 Å². The summed E-state index contributed by atoms with van der Waals surface area (Å²) in [4.78, 5) is 27.4. The van der Waals surface area contributed by atoms with Gasteiger partial charge in [-0.25, -0.2) is 4.79 Å². The zero-order chi connectivity index (χ0) is 18.5. The van der Waals surface area contributed by atoms with Gasteiger partial charge in [0, 0.05) is 10.9 Å². The smallest absolute Gasteiger partial charge is 0.336 e. The van der Waals surface area contributed by atoms with E-state index in [4.69, 9.17) is 0 Å². The third-order valence-corrected chi connectivity index (χ3v) is 4.21. The molecule has 0 spiro atoms. The first-order chi connectivity index (χ1) is 12.6. The lowest BCUT2D eigenvalue weighted by molar-refractivity contribution is -0.151. The number of aromatic nitrogens is 1. The van der Waals surface area contributed by atoms with Gasteiger partial charge in [0.2, 0.25) is 0 Å². The Balaban J connectivity index is 1.81. The molecule has 0 aliphatic heterocycles. The fourth-order valence-corrected chi connectivity index (χ4v) is 2.84. The standard InChI is InChI=1S/C20H20N2O4/c1-26-20(25)18(23)16(11-13-7-3-2-4-8-13)22-19(24)17-12-14-9-5-6-10-15(14)21-17/h2-10,12,16,18,21,23H,11H2,1H3,(H,22,24)/t16-,18+/m0/s1. The van der Waals surface area contributed by atoms with Crippen molar-refractivity contribution in [3.8, 4) is 0 Å². The van der Waals surface area contributed by atoms with Crippen LogP contribution in [0, 0.1) is 0 Å². The molecular weight excluding hydrogens is 332 g/mol. The summed E-state index contributed by atoms with van der Waals surface area (Å²) in [6, 6.07) is 17.8. The number of para-hydroxylation sites is 1. The number of amides is 1. The number of methoxy groups -OCH3 is 1. The SMILES string of the molecule is COC(=O)[C@H](O)[C@H](Cc1ccccc1)NC(=O)c1cc2ccccc2[nH]1. The molecular formula is C20H20N2O4. The summed E-state index contributed by atoms with van der Waals surface area (Å²) >= 11 is 0. The minimum atomic E-state index is -1.46. The number of nitrogens with one attached hydrogen (secondary N) is 2. The van der Waals surface area contributed by atoms with Gasteiger partial charge in [-0.05, 0) is 24.1 Å². The first kappa shape index (κ1) is 17.7. The van der Waals surface area contributed by atoms with E-state index in [1.54, 1.807) is 6.07 Å². The van der Waals surface area contributed by atoms with Gasteiger partial charge in [-0.1, -0.05) is 48.5 Å². The van der Waals surface area contributed by atoms with Crippen LogP contribution in [0.2, 0.25) is 0 Å². The first-order valence-corrected chi connectivity index (χ1v) is 8.27. The number of ether oxygens (including phenoxy) is 1. The van der Waals surface area contributed by atoms with Gasteiger partial charge in [-0.15, -0.1) is 0 Å². The normalized spacial score (nSPS) is 13.2. The van der Waals surface area contributed by atoms with Crippen molar-refractivity contribution in [3.05, 3.63) is 71.9 Å². The van der Waals surface area contributed by atoms with Crippen LogP contribution in [-0.2, 0) is 16.0 Å². The van der Waals surface area contributed by atoms with E-state index in [9.17, 15) is 14.7 Å². The molecule has 6 heteroatoms. The number of aliphatic hydroxyl groups excluding tert-OH is 1. The molecule has 0 radical (unpaired) electrons. The average molecular weight is 352 g/mol.